The van der Waals surface area contributed by atoms with Gasteiger partial charge in [-0.15, -0.1) is 11.8 Å². The van der Waals surface area contributed by atoms with E-state index in [1.54, 1.807) is 49.6 Å². The summed E-state index contributed by atoms with van der Waals surface area (Å²) >= 11 is 1.16. The number of anilines is 1. The molecular weight excluding hydrogens is 394 g/mol. The number of carbonyl (C=O) groups excluding carboxylic acids is 2. The molecule has 7 nitrogen and oxygen atoms in total. The molecule has 1 heterocycles. The Balaban J connectivity index is 2.05. The predicted molar refractivity (Wildman–Crippen MR) is 111 cm³/mol. The number of ether oxygens (including phenoxy) is 3. The van der Waals surface area contributed by atoms with E-state index >= 15 is 0 Å². The molecule has 0 saturated carbocycles. The van der Waals surface area contributed by atoms with Gasteiger partial charge in [0.1, 0.15) is 5.75 Å². The van der Waals surface area contributed by atoms with Crippen molar-refractivity contribution in [2.45, 2.75) is 0 Å². The molecule has 0 radical (unpaired) electrons. The molecule has 0 bridgehead atoms. The maximum absolute atomic E-state index is 13.3. The van der Waals surface area contributed by atoms with E-state index in [1.165, 1.54) is 14.2 Å². The molecule has 1 N–H and O–H groups in total. The van der Waals surface area contributed by atoms with E-state index in [4.69, 9.17) is 14.2 Å². The summed E-state index contributed by atoms with van der Waals surface area (Å²) in [5.41, 5.74) is 1.28. The lowest BCUT2D eigenvalue weighted by Gasteiger charge is -2.17. The van der Waals surface area contributed by atoms with Gasteiger partial charge in [-0.25, -0.2) is 4.90 Å². The van der Waals surface area contributed by atoms with E-state index in [-0.39, 0.29) is 6.61 Å². The van der Waals surface area contributed by atoms with E-state index in [0.717, 1.165) is 16.7 Å². The number of hydrogen-bond donors (Lipinski definition) is 1. The van der Waals surface area contributed by atoms with E-state index in [1.807, 2.05) is 0 Å². The fourth-order valence-corrected chi connectivity index (χ4v) is 3.86. The Morgan fingerprint density at radius 3 is 2.17 bits per heavy atom. The van der Waals surface area contributed by atoms with Crippen LogP contribution in [0.15, 0.2) is 47.4 Å². The standard InChI is InChI=1S/C21H21NO6S/c1-26-15-7-4-13(5-8-15)18-19(29-11-10-23)21(25)22(20(18)24)14-6-9-16(27-2)17(12-14)28-3/h4-9,12,23H,10-11H2,1-3H3. The van der Waals surface area contributed by atoms with Gasteiger partial charge in [-0.05, 0) is 29.8 Å². The van der Waals surface area contributed by atoms with Gasteiger partial charge in [-0.2, -0.15) is 0 Å². The first-order valence-corrected chi connectivity index (χ1v) is 9.77. The van der Waals surface area contributed by atoms with Crippen molar-refractivity contribution in [2.75, 3.05) is 38.6 Å². The highest BCUT2D eigenvalue weighted by molar-refractivity contribution is 8.04. The van der Waals surface area contributed by atoms with Gasteiger partial charge < -0.3 is 19.3 Å². The zero-order chi connectivity index (χ0) is 21.0. The maximum atomic E-state index is 13.3. The molecular formula is C21H21NO6S. The van der Waals surface area contributed by atoms with Crippen LogP contribution < -0.4 is 19.1 Å². The molecule has 1 aliphatic heterocycles. The number of amides is 2. The van der Waals surface area contributed by atoms with Crippen LogP contribution in [-0.4, -0.2) is 50.6 Å². The minimum atomic E-state index is -0.438. The molecule has 0 spiro atoms. The van der Waals surface area contributed by atoms with Gasteiger partial charge in [-0.1, -0.05) is 12.1 Å². The van der Waals surface area contributed by atoms with Gasteiger partial charge in [0.05, 0.1) is 44.1 Å². The number of nitrogens with zero attached hydrogens (tertiary/aromatic N) is 1. The van der Waals surface area contributed by atoms with Crippen LogP contribution in [0.5, 0.6) is 17.2 Å². The SMILES string of the molecule is COc1ccc(C2=C(SCCO)C(=O)N(c3ccc(OC)c(OC)c3)C2=O)cc1. The lowest BCUT2D eigenvalue weighted by molar-refractivity contribution is -0.119. The largest absolute Gasteiger partial charge is 0.497 e. The van der Waals surface area contributed by atoms with Crippen molar-refractivity contribution in [2.24, 2.45) is 0 Å². The third-order valence-corrected chi connectivity index (χ3v) is 5.44. The topological polar surface area (TPSA) is 85.3 Å². The lowest BCUT2D eigenvalue weighted by Crippen LogP contribution is -2.31. The Morgan fingerprint density at radius 2 is 1.59 bits per heavy atom. The fraction of sp³-hybridized carbons (Fsp3) is 0.238. The average Bonchev–Trinajstić information content (AvgIpc) is 3.01. The predicted octanol–water partition coefficient (Wildman–Crippen LogP) is 2.72. The fourth-order valence-electron chi connectivity index (χ4n) is 3.00. The summed E-state index contributed by atoms with van der Waals surface area (Å²) in [5, 5.41) is 9.21. The lowest BCUT2D eigenvalue weighted by atomic mass is 10.1. The Labute approximate surface area is 172 Å². The summed E-state index contributed by atoms with van der Waals surface area (Å²) in [4.78, 5) is 27.8. The second-order valence-electron chi connectivity index (χ2n) is 5.99. The van der Waals surface area contributed by atoms with Crippen molar-refractivity contribution in [1.29, 1.82) is 0 Å². The first kappa shape index (κ1) is 20.8. The molecule has 152 valence electrons. The number of aliphatic hydroxyl groups excluding tert-OH is 1. The molecule has 29 heavy (non-hydrogen) atoms. The van der Waals surface area contributed by atoms with Crippen LogP contribution in [0, 0.1) is 0 Å². The van der Waals surface area contributed by atoms with Crippen LogP contribution in [0.1, 0.15) is 5.56 Å². The zero-order valence-electron chi connectivity index (χ0n) is 16.3. The normalized spacial score (nSPS) is 13.9. The van der Waals surface area contributed by atoms with E-state index < -0.39 is 11.8 Å². The Morgan fingerprint density at radius 1 is 0.897 bits per heavy atom. The first-order valence-electron chi connectivity index (χ1n) is 8.78. The number of aliphatic hydroxyl groups is 1. The molecule has 0 atom stereocenters. The minimum absolute atomic E-state index is 0.109. The molecule has 2 aromatic rings. The van der Waals surface area contributed by atoms with Gasteiger partial charge in [0.25, 0.3) is 11.8 Å². The summed E-state index contributed by atoms with van der Waals surface area (Å²) in [5.74, 6) is 0.974. The molecule has 3 rings (SSSR count). The molecule has 2 aromatic carbocycles. The van der Waals surface area contributed by atoms with Crippen molar-refractivity contribution in [3.05, 3.63) is 52.9 Å². The number of benzene rings is 2. The highest BCUT2D eigenvalue weighted by Crippen LogP contribution is 2.40. The van der Waals surface area contributed by atoms with Crippen LogP contribution in [-0.2, 0) is 9.59 Å². The highest BCUT2D eigenvalue weighted by atomic mass is 32.2. The van der Waals surface area contributed by atoms with Crippen LogP contribution >= 0.6 is 11.8 Å². The van der Waals surface area contributed by atoms with Crippen LogP contribution in [0.25, 0.3) is 5.57 Å². The molecule has 2 amide bonds. The summed E-state index contributed by atoms with van der Waals surface area (Å²) in [6, 6.07) is 11.8. The molecule has 0 saturated heterocycles. The molecule has 0 aromatic heterocycles. The molecule has 8 heteroatoms. The van der Waals surface area contributed by atoms with Crippen molar-refractivity contribution in [1.82, 2.24) is 0 Å². The molecule has 1 aliphatic rings. The summed E-state index contributed by atoms with van der Waals surface area (Å²) < 4.78 is 15.7. The zero-order valence-corrected chi connectivity index (χ0v) is 17.1. The second kappa shape index (κ2) is 9.02. The number of hydrogen-bond acceptors (Lipinski definition) is 7. The van der Waals surface area contributed by atoms with Gasteiger partial charge in [0, 0.05) is 11.8 Å². The van der Waals surface area contributed by atoms with Gasteiger partial charge >= 0.3 is 0 Å². The quantitative estimate of drug-likeness (QED) is 0.664. The molecule has 0 aliphatic carbocycles. The highest BCUT2D eigenvalue weighted by Gasteiger charge is 2.40. The molecule has 0 fully saturated rings. The Hall–Kier alpha value is -2.97. The summed E-state index contributed by atoms with van der Waals surface area (Å²) in [6.45, 7) is -0.109. The number of imide groups is 1. The van der Waals surface area contributed by atoms with Crippen LogP contribution in [0.3, 0.4) is 0 Å². The number of carbonyl (C=O) groups is 2. The summed E-state index contributed by atoms with van der Waals surface area (Å²) in [6.07, 6.45) is 0. The van der Waals surface area contributed by atoms with Gasteiger partial charge in [0.15, 0.2) is 11.5 Å². The van der Waals surface area contributed by atoms with E-state index in [9.17, 15) is 14.7 Å². The first-order chi connectivity index (χ1) is 14.0. The van der Waals surface area contributed by atoms with Crippen molar-refractivity contribution in [3.63, 3.8) is 0 Å². The number of thioether (sulfide) groups is 1. The maximum Gasteiger partial charge on any atom is 0.272 e. The average molecular weight is 415 g/mol. The third-order valence-electron chi connectivity index (χ3n) is 4.38. The number of methoxy groups -OCH3 is 3. The molecule has 0 unspecified atom stereocenters. The van der Waals surface area contributed by atoms with Crippen molar-refractivity contribution < 1.29 is 28.9 Å². The van der Waals surface area contributed by atoms with Gasteiger partial charge in [0.2, 0.25) is 0 Å². The smallest absolute Gasteiger partial charge is 0.272 e. The summed E-state index contributed by atoms with van der Waals surface area (Å²) in [7, 11) is 4.55. The Kier molecular flexibility index (Phi) is 6.46. The van der Waals surface area contributed by atoms with Crippen molar-refractivity contribution in [3.8, 4) is 17.2 Å². The second-order valence-corrected chi connectivity index (χ2v) is 7.09. The Bertz CT molecular complexity index is 954. The monoisotopic (exact) mass is 415 g/mol. The van der Waals surface area contributed by atoms with E-state index in [0.29, 0.717) is 44.7 Å². The van der Waals surface area contributed by atoms with Gasteiger partial charge in [-0.3, -0.25) is 9.59 Å². The van der Waals surface area contributed by atoms with Crippen LogP contribution in [0.2, 0.25) is 0 Å². The van der Waals surface area contributed by atoms with Crippen molar-refractivity contribution >= 4 is 34.8 Å². The number of rotatable bonds is 8. The van der Waals surface area contributed by atoms with Crippen LogP contribution in [0.4, 0.5) is 5.69 Å². The minimum Gasteiger partial charge on any atom is -0.497 e. The third kappa shape index (κ3) is 3.94. The van der Waals surface area contributed by atoms with E-state index in [2.05, 4.69) is 0 Å².